The lowest BCUT2D eigenvalue weighted by Gasteiger charge is -2.35. The smallest absolute Gasteiger partial charge is 0.124 e. The summed E-state index contributed by atoms with van der Waals surface area (Å²) in [6.07, 6.45) is 0. The van der Waals surface area contributed by atoms with Crippen LogP contribution in [0.1, 0.15) is 23.4 Å². The van der Waals surface area contributed by atoms with E-state index in [1.54, 1.807) is 0 Å². The predicted octanol–water partition coefficient (Wildman–Crippen LogP) is 5.06. The summed E-state index contributed by atoms with van der Waals surface area (Å²) >= 11 is 5.56. The third-order valence-corrected chi connectivity index (χ3v) is 6.46. The molecular formula is C21H23BrN2OS. The van der Waals surface area contributed by atoms with Crippen molar-refractivity contribution in [3.05, 3.63) is 63.4 Å². The van der Waals surface area contributed by atoms with Gasteiger partial charge in [-0.05, 0) is 42.6 Å². The summed E-state index contributed by atoms with van der Waals surface area (Å²) in [5.41, 5.74) is 1.25. The third kappa shape index (κ3) is 3.67. The molecule has 0 spiro atoms. The summed E-state index contributed by atoms with van der Waals surface area (Å²) < 4.78 is 8.44. The van der Waals surface area contributed by atoms with Crippen molar-refractivity contribution in [3.63, 3.8) is 0 Å². The van der Waals surface area contributed by atoms with Crippen LogP contribution in [0.2, 0.25) is 0 Å². The summed E-state index contributed by atoms with van der Waals surface area (Å²) in [5.74, 6) is 0.983. The third-order valence-electron chi connectivity index (χ3n) is 4.80. The lowest BCUT2D eigenvalue weighted by Crippen LogP contribution is -2.45. The normalized spacial score (nSPS) is 16.7. The zero-order valence-corrected chi connectivity index (χ0v) is 17.3. The number of hydrogen-bond acceptors (Lipinski definition) is 4. The second-order valence-corrected chi connectivity index (χ2v) is 8.52. The van der Waals surface area contributed by atoms with Crippen molar-refractivity contribution < 1.29 is 4.74 Å². The van der Waals surface area contributed by atoms with Crippen molar-refractivity contribution in [2.24, 2.45) is 0 Å². The molecule has 5 heteroatoms. The van der Waals surface area contributed by atoms with E-state index in [0.29, 0.717) is 6.61 Å². The number of piperazine rings is 1. The number of hydrogen-bond donors (Lipinski definition) is 1. The van der Waals surface area contributed by atoms with Crippen LogP contribution < -0.4 is 10.1 Å². The Morgan fingerprint density at radius 3 is 2.73 bits per heavy atom. The van der Waals surface area contributed by atoms with Crippen molar-refractivity contribution in [1.82, 2.24) is 10.2 Å². The molecule has 1 aliphatic rings. The molecule has 1 aliphatic heterocycles. The fourth-order valence-electron chi connectivity index (χ4n) is 3.63. The van der Waals surface area contributed by atoms with Crippen LogP contribution in [0.5, 0.6) is 5.75 Å². The Hall–Kier alpha value is -1.40. The average Bonchev–Trinajstić information content (AvgIpc) is 3.08. The number of nitrogens with one attached hydrogen (secondary N) is 1. The van der Waals surface area contributed by atoms with Crippen LogP contribution in [0.4, 0.5) is 0 Å². The molecule has 0 amide bonds. The Morgan fingerprint density at radius 1 is 1.15 bits per heavy atom. The molecule has 1 unspecified atom stereocenters. The highest BCUT2D eigenvalue weighted by Crippen LogP contribution is 2.41. The van der Waals surface area contributed by atoms with E-state index in [4.69, 9.17) is 4.74 Å². The Morgan fingerprint density at radius 2 is 1.96 bits per heavy atom. The molecule has 3 aromatic rings. The summed E-state index contributed by atoms with van der Waals surface area (Å²) in [4.78, 5) is 3.96. The maximum atomic E-state index is 6.00. The molecule has 0 radical (unpaired) electrons. The van der Waals surface area contributed by atoms with E-state index < -0.39 is 0 Å². The highest BCUT2D eigenvalue weighted by Gasteiger charge is 2.28. The molecule has 1 atom stereocenters. The van der Waals surface area contributed by atoms with E-state index in [0.717, 1.165) is 36.4 Å². The van der Waals surface area contributed by atoms with Gasteiger partial charge in [-0.15, -0.1) is 11.3 Å². The molecule has 1 N–H and O–H groups in total. The Kier molecular flexibility index (Phi) is 5.60. The molecule has 1 aromatic heterocycles. The van der Waals surface area contributed by atoms with Gasteiger partial charge in [0.1, 0.15) is 5.75 Å². The number of thiophene rings is 1. The average molecular weight is 431 g/mol. The molecule has 0 aliphatic carbocycles. The first-order chi connectivity index (χ1) is 12.8. The molecule has 26 heavy (non-hydrogen) atoms. The van der Waals surface area contributed by atoms with Crippen LogP contribution >= 0.6 is 27.3 Å². The van der Waals surface area contributed by atoms with E-state index in [2.05, 4.69) is 74.7 Å². The molecule has 0 bridgehead atoms. The summed E-state index contributed by atoms with van der Waals surface area (Å²) in [6.45, 7) is 6.85. The van der Waals surface area contributed by atoms with Gasteiger partial charge in [-0.3, -0.25) is 4.90 Å². The van der Waals surface area contributed by atoms with Gasteiger partial charge >= 0.3 is 0 Å². The number of nitrogens with zero attached hydrogens (tertiary/aromatic N) is 1. The SMILES string of the molecule is CCOc1ccc(Br)cc1C(c1cc2ccccc2s1)N1CCNCC1. The minimum absolute atomic E-state index is 0.216. The van der Waals surface area contributed by atoms with Gasteiger partial charge in [0.05, 0.1) is 12.6 Å². The van der Waals surface area contributed by atoms with Gasteiger partial charge in [-0.1, -0.05) is 34.1 Å². The zero-order valence-electron chi connectivity index (χ0n) is 14.9. The first-order valence-corrected chi connectivity index (χ1v) is 10.7. The molecule has 4 rings (SSSR count). The Balaban J connectivity index is 1.84. The van der Waals surface area contributed by atoms with E-state index in [-0.39, 0.29) is 6.04 Å². The topological polar surface area (TPSA) is 24.5 Å². The fraction of sp³-hybridized carbons (Fsp3) is 0.333. The van der Waals surface area contributed by atoms with Crippen molar-refractivity contribution in [1.29, 1.82) is 0 Å². The number of rotatable bonds is 5. The Labute approximate surface area is 167 Å². The van der Waals surface area contributed by atoms with Crippen LogP contribution in [-0.2, 0) is 0 Å². The zero-order chi connectivity index (χ0) is 17.9. The molecular weight excluding hydrogens is 408 g/mol. The van der Waals surface area contributed by atoms with Crippen molar-refractivity contribution in [3.8, 4) is 5.75 Å². The first-order valence-electron chi connectivity index (χ1n) is 9.11. The molecule has 1 fully saturated rings. The molecule has 136 valence electrons. The van der Waals surface area contributed by atoms with Gasteiger partial charge in [0.15, 0.2) is 0 Å². The quantitative estimate of drug-likeness (QED) is 0.612. The van der Waals surface area contributed by atoms with Crippen LogP contribution in [0.3, 0.4) is 0 Å². The predicted molar refractivity (Wildman–Crippen MR) is 113 cm³/mol. The molecule has 2 aromatic carbocycles. The second kappa shape index (κ2) is 8.09. The highest BCUT2D eigenvalue weighted by atomic mass is 79.9. The van der Waals surface area contributed by atoms with Crippen molar-refractivity contribution in [2.75, 3.05) is 32.8 Å². The van der Waals surface area contributed by atoms with E-state index in [1.165, 1.54) is 20.5 Å². The minimum Gasteiger partial charge on any atom is -0.494 e. The van der Waals surface area contributed by atoms with Gasteiger partial charge in [0.25, 0.3) is 0 Å². The fourth-order valence-corrected chi connectivity index (χ4v) is 5.23. The van der Waals surface area contributed by atoms with E-state index >= 15 is 0 Å². The molecule has 3 nitrogen and oxygen atoms in total. The van der Waals surface area contributed by atoms with Gasteiger partial charge < -0.3 is 10.1 Å². The monoisotopic (exact) mass is 430 g/mol. The van der Waals surface area contributed by atoms with E-state index in [9.17, 15) is 0 Å². The molecule has 2 heterocycles. The van der Waals surface area contributed by atoms with Crippen LogP contribution in [0, 0.1) is 0 Å². The maximum Gasteiger partial charge on any atom is 0.124 e. The standard InChI is InChI=1S/C21H23BrN2OS/c1-2-25-18-8-7-16(22)14-17(18)21(24-11-9-23-10-12-24)20-13-15-5-3-4-6-19(15)26-20/h3-8,13-14,21,23H,2,9-12H2,1H3. The number of ether oxygens (including phenoxy) is 1. The van der Waals surface area contributed by atoms with Crippen molar-refractivity contribution in [2.45, 2.75) is 13.0 Å². The summed E-state index contributed by atoms with van der Waals surface area (Å²) in [7, 11) is 0. The van der Waals surface area contributed by atoms with Crippen molar-refractivity contribution >= 4 is 37.4 Å². The minimum atomic E-state index is 0.216. The Bertz CT molecular complexity index is 856. The first kappa shape index (κ1) is 18.0. The van der Waals surface area contributed by atoms with Crippen LogP contribution in [0.25, 0.3) is 10.1 Å². The maximum absolute atomic E-state index is 6.00. The van der Waals surface area contributed by atoms with Crippen LogP contribution in [0.15, 0.2) is 53.0 Å². The number of halogens is 1. The van der Waals surface area contributed by atoms with E-state index in [1.807, 2.05) is 18.3 Å². The van der Waals surface area contributed by atoms with Gasteiger partial charge in [0.2, 0.25) is 0 Å². The largest absolute Gasteiger partial charge is 0.494 e. The highest BCUT2D eigenvalue weighted by molar-refractivity contribution is 9.10. The number of benzene rings is 2. The summed E-state index contributed by atoms with van der Waals surface area (Å²) in [6, 6.07) is 17.6. The summed E-state index contributed by atoms with van der Waals surface area (Å²) in [5, 5.41) is 4.79. The lowest BCUT2D eigenvalue weighted by atomic mass is 10.0. The van der Waals surface area contributed by atoms with Crippen LogP contribution in [-0.4, -0.2) is 37.7 Å². The van der Waals surface area contributed by atoms with Gasteiger partial charge in [0, 0.05) is 45.8 Å². The molecule has 0 saturated carbocycles. The van der Waals surface area contributed by atoms with Gasteiger partial charge in [-0.2, -0.15) is 0 Å². The molecule has 1 saturated heterocycles. The van der Waals surface area contributed by atoms with Gasteiger partial charge in [-0.25, -0.2) is 0 Å². The second-order valence-electron chi connectivity index (χ2n) is 6.49. The lowest BCUT2D eigenvalue weighted by molar-refractivity contribution is 0.196. The number of fused-ring (bicyclic) bond motifs is 1.